The molecule has 1 aliphatic rings. The Bertz CT molecular complexity index is 783. The van der Waals surface area contributed by atoms with Gasteiger partial charge < -0.3 is 15.6 Å². The molecule has 1 fully saturated rings. The zero-order valence-electron chi connectivity index (χ0n) is 11.3. The van der Waals surface area contributed by atoms with E-state index in [-0.39, 0.29) is 29.6 Å². The third kappa shape index (κ3) is 3.11. The van der Waals surface area contributed by atoms with Gasteiger partial charge in [-0.1, -0.05) is 23.2 Å². The van der Waals surface area contributed by atoms with E-state index in [2.05, 4.69) is 9.97 Å². The Morgan fingerprint density at radius 3 is 2.77 bits per heavy atom. The first-order valence-electron chi connectivity index (χ1n) is 6.50. The zero-order valence-corrected chi connectivity index (χ0v) is 13.6. The van der Waals surface area contributed by atoms with E-state index >= 15 is 0 Å². The van der Waals surface area contributed by atoms with E-state index in [0.717, 1.165) is 5.56 Å². The number of hydrogen-bond donors (Lipinski definition) is 2. The van der Waals surface area contributed by atoms with Crippen LogP contribution in [0.5, 0.6) is 0 Å². The van der Waals surface area contributed by atoms with Crippen LogP contribution in [-0.2, 0) is 11.2 Å². The van der Waals surface area contributed by atoms with Crippen molar-refractivity contribution < 1.29 is 4.79 Å². The molecule has 3 N–H and O–H groups in total. The highest BCUT2D eigenvalue weighted by Crippen LogP contribution is 2.32. The average molecular weight is 359 g/mol. The normalized spacial score (nSPS) is 14.9. The Morgan fingerprint density at radius 1 is 1.45 bits per heavy atom. The van der Waals surface area contributed by atoms with Crippen molar-refractivity contribution in [3.05, 3.63) is 42.5 Å². The summed E-state index contributed by atoms with van der Waals surface area (Å²) in [5.41, 5.74) is 6.01. The van der Waals surface area contributed by atoms with Crippen molar-refractivity contribution in [2.75, 3.05) is 18.8 Å². The van der Waals surface area contributed by atoms with E-state index < -0.39 is 0 Å². The summed E-state index contributed by atoms with van der Waals surface area (Å²) in [5, 5.41) is 0. The van der Waals surface area contributed by atoms with Gasteiger partial charge in [0.15, 0.2) is 0 Å². The summed E-state index contributed by atoms with van der Waals surface area (Å²) in [6.07, 6.45) is 0.218. The lowest BCUT2D eigenvalue weighted by atomic mass is 9.98. The monoisotopic (exact) mass is 358 g/mol. The van der Waals surface area contributed by atoms with Gasteiger partial charge >= 0.3 is 0 Å². The standard InChI is InChI=1S/C13H12Cl2N4O2S/c14-8-1-6(12(15)22-8)2-11(21)19-4-7(5-19)13-17-9(16)3-10(20)18-13/h1,3,7H,2,4-5H2,(H3,16,17,18,20). The minimum atomic E-state index is -0.285. The lowest BCUT2D eigenvalue weighted by Crippen LogP contribution is -2.49. The van der Waals surface area contributed by atoms with Crippen LogP contribution in [0.4, 0.5) is 5.82 Å². The number of nitrogens with one attached hydrogen (secondary N) is 1. The summed E-state index contributed by atoms with van der Waals surface area (Å²) in [7, 11) is 0. The molecule has 1 amide bonds. The highest BCUT2D eigenvalue weighted by Gasteiger charge is 2.33. The van der Waals surface area contributed by atoms with Gasteiger partial charge in [-0.05, 0) is 11.6 Å². The lowest BCUT2D eigenvalue weighted by Gasteiger charge is -2.38. The van der Waals surface area contributed by atoms with Crippen molar-refractivity contribution >= 4 is 46.3 Å². The molecule has 0 radical (unpaired) electrons. The third-order valence-corrected chi connectivity index (χ3v) is 5.04. The van der Waals surface area contributed by atoms with Gasteiger partial charge in [-0.3, -0.25) is 9.59 Å². The van der Waals surface area contributed by atoms with Crippen LogP contribution in [0.2, 0.25) is 8.67 Å². The number of nitrogen functional groups attached to an aromatic ring is 1. The Kier molecular flexibility index (Phi) is 4.12. The molecule has 116 valence electrons. The van der Waals surface area contributed by atoms with Gasteiger partial charge in [0.05, 0.1) is 21.0 Å². The van der Waals surface area contributed by atoms with Crippen LogP contribution in [0.3, 0.4) is 0 Å². The van der Waals surface area contributed by atoms with Crippen molar-refractivity contribution in [2.24, 2.45) is 0 Å². The highest BCUT2D eigenvalue weighted by atomic mass is 35.5. The molecule has 9 heteroatoms. The second-order valence-electron chi connectivity index (χ2n) is 5.08. The highest BCUT2D eigenvalue weighted by molar-refractivity contribution is 7.20. The number of amides is 1. The molecular weight excluding hydrogens is 347 g/mol. The van der Waals surface area contributed by atoms with Crippen LogP contribution in [0.15, 0.2) is 16.9 Å². The molecule has 6 nitrogen and oxygen atoms in total. The van der Waals surface area contributed by atoms with Crippen LogP contribution >= 0.6 is 34.5 Å². The van der Waals surface area contributed by atoms with Gasteiger partial charge in [-0.2, -0.15) is 0 Å². The molecule has 3 heterocycles. The Hall–Kier alpha value is -1.57. The summed E-state index contributed by atoms with van der Waals surface area (Å²) in [5.74, 6) is 0.675. The van der Waals surface area contributed by atoms with Crippen LogP contribution in [-0.4, -0.2) is 33.9 Å². The zero-order chi connectivity index (χ0) is 15.9. The van der Waals surface area contributed by atoms with Gasteiger partial charge in [0.25, 0.3) is 5.56 Å². The molecule has 0 bridgehead atoms. The topological polar surface area (TPSA) is 92.1 Å². The van der Waals surface area contributed by atoms with Gasteiger partial charge in [0, 0.05) is 19.2 Å². The lowest BCUT2D eigenvalue weighted by molar-refractivity contribution is -0.134. The van der Waals surface area contributed by atoms with Crippen molar-refractivity contribution in [3.8, 4) is 0 Å². The van der Waals surface area contributed by atoms with Crippen LogP contribution in [0.25, 0.3) is 0 Å². The van der Waals surface area contributed by atoms with Gasteiger partial charge in [-0.15, -0.1) is 11.3 Å². The predicted molar refractivity (Wildman–Crippen MR) is 86.6 cm³/mol. The van der Waals surface area contributed by atoms with Gasteiger partial charge in [-0.25, -0.2) is 4.98 Å². The molecule has 22 heavy (non-hydrogen) atoms. The number of rotatable bonds is 3. The molecule has 3 rings (SSSR count). The maximum absolute atomic E-state index is 12.2. The number of thiophene rings is 1. The number of carbonyl (C=O) groups excluding carboxylic acids is 1. The summed E-state index contributed by atoms with van der Waals surface area (Å²) >= 11 is 13.1. The molecule has 0 aromatic carbocycles. The number of H-pyrrole nitrogens is 1. The van der Waals surface area contributed by atoms with E-state index in [9.17, 15) is 9.59 Å². The number of anilines is 1. The van der Waals surface area contributed by atoms with Crippen LogP contribution in [0, 0.1) is 0 Å². The predicted octanol–water partition coefficient (Wildman–Crippen LogP) is 1.89. The average Bonchev–Trinajstić information content (AvgIpc) is 2.64. The maximum Gasteiger partial charge on any atom is 0.252 e. The first kappa shape index (κ1) is 15.3. The maximum atomic E-state index is 12.2. The summed E-state index contributed by atoms with van der Waals surface area (Å²) in [6.45, 7) is 1.00. The molecule has 0 unspecified atom stereocenters. The van der Waals surface area contributed by atoms with E-state index in [1.807, 2.05) is 0 Å². The van der Waals surface area contributed by atoms with Gasteiger partial charge in [0.1, 0.15) is 11.6 Å². The number of likely N-dealkylation sites (tertiary alicyclic amines) is 1. The summed E-state index contributed by atoms with van der Waals surface area (Å²) < 4.78 is 1.10. The van der Waals surface area contributed by atoms with E-state index in [4.69, 9.17) is 28.9 Å². The van der Waals surface area contributed by atoms with Crippen LogP contribution < -0.4 is 11.3 Å². The van der Waals surface area contributed by atoms with Crippen molar-refractivity contribution in [1.29, 1.82) is 0 Å². The molecule has 2 aromatic rings. The molecule has 0 aliphatic carbocycles. The van der Waals surface area contributed by atoms with Gasteiger partial charge in [0.2, 0.25) is 5.91 Å². The number of aromatic nitrogens is 2. The van der Waals surface area contributed by atoms with Crippen molar-refractivity contribution in [1.82, 2.24) is 14.9 Å². The smallest absolute Gasteiger partial charge is 0.252 e. The van der Waals surface area contributed by atoms with E-state index in [1.54, 1.807) is 11.0 Å². The Labute approximate surface area is 139 Å². The number of carbonyl (C=O) groups is 1. The van der Waals surface area contributed by atoms with Crippen molar-refractivity contribution in [2.45, 2.75) is 12.3 Å². The number of hydrogen-bond acceptors (Lipinski definition) is 5. The molecule has 0 saturated carbocycles. The fourth-order valence-corrected chi connectivity index (χ4v) is 3.80. The third-order valence-electron chi connectivity index (χ3n) is 3.47. The largest absolute Gasteiger partial charge is 0.383 e. The summed E-state index contributed by atoms with van der Waals surface area (Å²) in [6, 6.07) is 2.94. The second kappa shape index (κ2) is 5.91. The molecule has 0 spiro atoms. The SMILES string of the molecule is Nc1cc(=O)[nH]c(C2CN(C(=O)Cc3cc(Cl)sc3Cl)C2)n1. The number of aromatic amines is 1. The van der Waals surface area contributed by atoms with E-state index in [0.29, 0.717) is 27.6 Å². The van der Waals surface area contributed by atoms with Crippen molar-refractivity contribution in [3.63, 3.8) is 0 Å². The van der Waals surface area contributed by atoms with Crippen LogP contribution in [0.1, 0.15) is 17.3 Å². The minimum absolute atomic E-state index is 0.00156. The first-order valence-corrected chi connectivity index (χ1v) is 8.08. The first-order chi connectivity index (χ1) is 10.4. The molecule has 0 atom stereocenters. The second-order valence-corrected chi connectivity index (χ2v) is 7.36. The number of nitrogens with zero attached hydrogens (tertiary/aromatic N) is 2. The molecule has 2 aromatic heterocycles. The Morgan fingerprint density at radius 2 is 2.18 bits per heavy atom. The molecule has 1 saturated heterocycles. The Balaban J connectivity index is 1.62. The fourth-order valence-electron chi connectivity index (χ4n) is 2.31. The quantitative estimate of drug-likeness (QED) is 0.875. The van der Waals surface area contributed by atoms with E-state index in [1.165, 1.54) is 17.4 Å². The minimum Gasteiger partial charge on any atom is -0.383 e. The molecular formula is C13H12Cl2N4O2S. The fraction of sp³-hybridized carbons (Fsp3) is 0.308. The number of halogens is 2. The summed E-state index contributed by atoms with van der Waals surface area (Å²) in [4.78, 5) is 32.0. The number of nitrogens with two attached hydrogens (primary N) is 1. The molecule has 1 aliphatic heterocycles.